The lowest BCUT2D eigenvalue weighted by atomic mass is 9.97. The van der Waals surface area contributed by atoms with Crippen LogP contribution in [0.5, 0.6) is 0 Å². The molecule has 2 aliphatic rings. The van der Waals surface area contributed by atoms with E-state index in [0.717, 1.165) is 6.07 Å². The first-order chi connectivity index (χ1) is 11.3. The van der Waals surface area contributed by atoms with E-state index in [0.29, 0.717) is 25.8 Å². The predicted molar refractivity (Wildman–Crippen MR) is 79.2 cm³/mol. The molecule has 2 fully saturated rings. The van der Waals surface area contributed by atoms with E-state index in [1.165, 1.54) is 17.0 Å². The van der Waals surface area contributed by atoms with E-state index < -0.39 is 35.5 Å². The van der Waals surface area contributed by atoms with Gasteiger partial charge < -0.3 is 10.0 Å². The van der Waals surface area contributed by atoms with Gasteiger partial charge in [-0.3, -0.25) is 9.59 Å². The first kappa shape index (κ1) is 16.8. The number of likely N-dealkylation sites (tertiary alicyclic amines) is 1. The highest BCUT2D eigenvalue weighted by molar-refractivity contribution is 5.84. The average Bonchev–Trinajstić information content (AvgIpc) is 3.34. The molecule has 0 bridgehead atoms. The minimum Gasteiger partial charge on any atom is -0.481 e. The maximum Gasteiger partial charge on any atom is 0.416 e. The normalized spacial score (nSPS) is 27.0. The molecule has 1 aromatic rings. The molecule has 1 saturated heterocycles. The van der Waals surface area contributed by atoms with Gasteiger partial charge in [-0.25, -0.2) is 0 Å². The first-order valence-electron chi connectivity index (χ1n) is 7.96. The van der Waals surface area contributed by atoms with E-state index >= 15 is 0 Å². The summed E-state index contributed by atoms with van der Waals surface area (Å²) in [5.41, 5.74) is -0.525. The minimum atomic E-state index is -4.44. The summed E-state index contributed by atoms with van der Waals surface area (Å²) in [5, 5.41) is 9.08. The molecule has 1 N–H and O–H groups in total. The maximum absolute atomic E-state index is 13.1. The van der Waals surface area contributed by atoms with Crippen LogP contribution < -0.4 is 0 Å². The second-order valence-electron chi connectivity index (χ2n) is 6.50. The summed E-state index contributed by atoms with van der Waals surface area (Å²) in [6.45, 7) is 0.630. The molecule has 0 aromatic heterocycles. The number of amides is 1. The number of nitrogens with zero attached hydrogens (tertiary/aromatic N) is 1. The number of carboxylic acid groups (broad SMARTS) is 1. The number of rotatable bonds is 3. The Hall–Kier alpha value is -2.05. The number of benzene rings is 1. The molecule has 0 spiro atoms. The molecule has 24 heavy (non-hydrogen) atoms. The van der Waals surface area contributed by atoms with E-state index in [1.807, 2.05) is 0 Å². The molecule has 3 rings (SSSR count). The zero-order valence-corrected chi connectivity index (χ0v) is 12.9. The molecule has 4 nitrogen and oxygen atoms in total. The van der Waals surface area contributed by atoms with Crippen molar-refractivity contribution in [3.05, 3.63) is 35.4 Å². The number of hydrogen-bond donors (Lipinski definition) is 1. The van der Waals surface area contributed by atoms with Crippen LogP contribution in [0.3, 0.4) is 0 Å². The zero-order chi connectivity index (χ0) is 17.5. The lowest BCUT2D eigenvalue weighted by Gasteiger charge is -2.31. The van der Waals surface area contributed by atoms with E-state index in [4.69, 9.17) is 5.11 Å². The fourth-order valence-electron chi connectivity index (χ4n) is 3.50. The summed E-state index contributed by atoms with van der Waals surface area (Å²) in [5.74, 6) is -2.63. The molecular weight excluding hydrogens is 323 g/mol. The molecule has 1 saturated carbocycles. The van der Waals surface area contributed by atoms with Crippen LogP contribution in [-0.2, 0) is 15.8 Å². The van der Waals surface area contributed by atoms with Crippen LogP contribution in [0.2, 0.25) is 0 Å². The van der Waals surface area contributed by atoms with Crippen molar-refractivity contribution in [3.63, 3.8) is 0 Å². The molecule has 1 heterocycles. The molecule has 1 aliphatic heterocycles. The Morgan fingerprint density at radius 3 is 2.58 bits per heavy atom. The van der Waals surface area contributed by atoms with Crippen molar-refractivity contribution >= 4 is 11.9 Å². The van der Waals surface area contributed by atoms with Gasteiger partial charge in [0.05, 0.1) is 11.5 Å². The first-order valence-corrected chi connectivity index (χ1v) is 7.96. The SMILES string of the molecule is O=C(O)[C@H]1CCCN(C(=O)[C@H]2C[C@H]2c2ccccc2C(F)(F)F)C1. The number of carboxylic acids is 1. The van der Waals surface area contributed by atoms with E-state index in [1.54, 1.807) is 6.07 Å². The Balaban J connectivity index is 1.72. The summed E-state index contributed by atoms with van der Waals surface area (Å²) in [4.78, 5) is 25.1. The fraction of sp³-hybridized carbons (Fsp3) is 0.529. The molecule has 130 valence electrons. The second-order valence-corrected chi connectivity index (χ2v) is 6.50. The number of halogens is 3. The Bertz CT molecular complexity index is 659. The predicted octanol–water partition coefficient (Wildman–Crippen LogP) is 3.13. The summed E-state index contributed by atoms with van der Waals surface area (Å²) < 4.78 is 39.3. The van der Waals surface area contributed by atoms with Crippen molar-refractivity contribution in [2.75, 3.05) is 13.1 Å². The van der Waals surface area contributed by atoms with Gasteiger partial charge in [0, 0.05) is 19.0 Å². The number of carbonyl (C=O) groups excluding carboxylic acids is 1. The molecule has 1 aliphatic carbocycles. The fourth-order valence-corrected chi connectivity index (χ4v) is 3.50. The Morgan fingerprint density at radius 1 is 1.21 bits per heavy atom. The van der Waals surface area contributed by atoms with Gasteiger partial charge in [-0.05, 0) is 36.8 Å². The van der Waals surface area contributed by atoms with Crippen molar-refractivity contribution in [2.45, 2.75) is 31.4 Å². The molecule has 1 amide bonds. The number of carbonyl (C=O) groups is 2. The third-order valence-electron chi connectivity index (χ3n) is 4.86. The summed E-state index contributed by atoms with van der Waals surface area (Å²) >= 11 is 0. The van der Waals surface area contributed by atoms with Crippen molar-refractivity contribution in [1.82, 2.24) is 4.90 Å². The topological polar surface area (TPSA) is 57.6 Å². The molecule has 1 aromatic carbocycles. The van der Waals surface area contributed by atoms with Gasteiger partial charge in [0.1, 0.15) is 0 Å². The van der Waals surface area contributed by atoms with E-state index in [9.17, 15) is 22.8 Å². The number of piperidine rings is 1. The smallest absolute Gasteiger partial charge is 0.416 e. The van der Waals surface area contributed by atoms with Gasteiger partial charge in [-0.15, -0.1) is 0 Å². The highest BCUT2D eigenvalue weighted by Crippen LogP contribution is 2.51. The third-order valence-corrected chi connectivity index (χ3v) is 4.86. The summed E-state index contributed by atoms with van der Waals surface area (Å²) in [6, 6.07) is 5.35. The molecular formula is C17H18F3NO3. The summed E-state index contributed by atoms with van der Waals surface area (Å²) in [6.07, 6.45) is -2.91. The van der Waals surface area contributed by atoms with Gasteiger partial charge in [0.15, 0.2) is 0 Å². The van der Waals surface area contributed by atoms with Crippen molar-refractivity contribution in [1.29, 1.82) is 0 Å². The van der Waals surface area contributed by atoms with Crippen LogP contribution in [0.15, 0.2) is 24.3 Å². The Labute approximate surface area is 137 Å². The van der Waals surface area contributed by atoms with Crippen molar-refractivity contribution in [2.24, 2.45) is 11.8 Å². The lowest BCUT2D eigenvalue weighted by molar-refractivity contribution is -0.146. The monoisotopic (exact) mass is 341 g/mol. The third kappa shape index (κ3) is 3.25. The van der Waals surface area contributed by atoms with Crippen LogP contribution in [0.1, 0.15) is 36.3 Å². The standard InChI is InChI=1S/C17H18F3NO3/c18-17(19,20)14-6-2-1-5-11(14)12-8-13(12)15(22)21-7-3-4-10(9-21)16(23)24/h1-2,5-6,10,12-13H,3-4,7-9H2,(H,23,24)/t10-,12-,13-/m0/s1. The van der Waals surface area contributed by atoms with Crippen LogP contribution in [0, 0.1) is 11.8 Å². The van der Waals surface area contributed by atoms with Gasteiger partial charge in [-0.2, -0.15) is 13.2 Å². The minimum absolute atomic E-state index is 0.151. The number of hydrogen-bond acceptors (Lipinski definition) is 2. The number of aliphatic carboxylic acids is 1. The molecule has 0 radical (unpaired) electrons. The average molecular weight is 341 g/mol. The largest absolute Gasteiger partial charge is 0.481 e. The van der Waals surface area contributed by atoms with Gasteiger partial charge in [-0.1, -0.05) is 18.2 Å². The van der Waals surface area contributed by atoms with Crippen LogP contribution >= 0.6 is 0 Å². The van der Waals surface area contributed by atoms with Crippen molar-refractivity contribution in [3.8, 4) is 0 Å². The van der Waals surface area contributed by atoms with Crippen LogP contribution in [0.4, 0.5) is 13.2 Å². The zero-order valence-electron chi connectivity index (χ0n) is 12.9. The van der Waals surface area contributed by atoms with Gasteiger partial charge in [0.2, 0.25) is 5.91 Å². The molecule has 0 unspecified atom stereocenters. The quantitative estimate of drug-likeness (QED) is 0.919. The highest BCUT2D eigenvalue weighted by atomic mass is 19.4. The summed E-state index contributed by atoms with van der Waals surface area (Å²) in [7, 11) is 0. The van der Waals surface area contributed by atoms with Crippen LogP contribution in [-0.4, -0.2) is 35.0 Å². The number of alkyl halides is 3. The second kappa shape index (κ2) is 6.11. The highest BCUT2D eigenvalue weighted by Gasteiger charge is 2.49. The van der Waals surface area contributed by atoms with Crippen molar-refractivity contribution < 1.29 is 27.9 Å². The molecule has 7 heteroatoms. The lowest BCUT2D eigenvalue weighted by Crippen LogP contribution is -2.43. The van der Waals surface area contributed by atoms with Crippen LogP contribution in [0.25, 0.3) is 0 Å². The van der Waals surface area contributed by atoms with E-state index in [-0.39, 0.29) is 18.0 Å². The van der Waals surface area contributed by atoms with Gasteiger partial charge >= 0.3 is 12.1 Å². The molecule has 3 atom stereocenters. The maximum atomic E-state index is 13.1. The Morgan fingerprint density at radius 2 is 1.92 bits per heavy atom. The van der Waals surface area contributed by atoms with Gasteiger partial charge in [0.25, 0.3) is 0 Å². The van der Waals surface area contributed by atoms with E-state index in [2.05, 4.69) is 0 Å². The Kier molecular flexibility index (Phi) is 4.27.